The quantitative estimate of drug-likeness (QED) is 0.336. The fourth-order valence-electron chi connectivity index (χ4n) is 6.68. The first-order chi connectivity index (χ1) is 19.3. The standard InChI is InChI=1S/C31H31N7O/c1-2-10-32-29(3-1)38-17-25(15-34-38)30-28-12-24(14-33-31(28)36-35-30)23-9-8-21-6-4-20(5-7-22(21)11-23)16-37-26-13-27(37)19-39-18-26/h1-3,8-12,14-15,17,20,26-27H,4-7,13,16,18-19H2,(H,33,35,36). The lowest BCUT2D eigenvalue weighted by Gasteiger charge is -2.53. The van der Waals surface area contributed by atoms with Crippen molar-refractivity contribution in [2.75, 3.05) is 19.8 Å². The van der Waals surface area contributed by atoms with Gasteiger partial charge < -0.3 is 4.74 Å². The van der Waals surface area contributed by atoms with Crippen molar-refractivity contribution in [3.05, 3.63) is 78.4 Å². The summed E-state index contributed by atoms with van der Waals surface area (Å²) in [6.07, 6.45) is 13.7. The second-order valence-corrected chi connectivity index (χ2v) is 11.3. The first-order valence-electron chi connectivity index (χ1n) is 14.0. The SMILES string of the molecule is c1ccc(-n2cc(-c3[nH]nc4ncc(-c5ccc6c(c5)CCC(CN5C7COCC5C7)CC6)cc34)cn2)nc1. The summed E-state index contributed by atoms with van der Waals surface area (Å²) in [6, 6.07) is 16.3. The molecule has 1 N–H and O–H groups in total. The fourth-order valence-corrected chi connectivity index (χ4v) is 6.68. The molecule has 1 aliphatic carbocycles. The molecule has 2 fully saturated rings. The van der Waals surface area contributed by atoms with Crippen LogP contribution in [0.2, 0.25) is 0 Å². The van der Waals surface area contributed by atoms with Crippen LogP contribution in [0.4, 0.5) is 0 Å². The minimum atomic E-state index is 0.667. The zero-order chi connectivity index (χ0) is 25.8. The van der Waals surface area contributed by atoms with Crippen LogP contribution >= 0.6 is 0 Å². The second kappa shape index (κ2) is 9.39. The number of hydrogen-bond acceptors (Lipinski definition) is 6. The van der Waals surface area contributed by atoms with Gasteiger partial charge in [-0.3, -0.25) is 10.00 Å². The molecule has 3 aliphatic rings. The topological polar surface area (TPSA) is 84.8 Å². The molecule has 3 atom stereocenters. The van der Waals surface area contributed by atoms with Crippen LogP contribution in [0.1, 0.15) is 30.4 Å². The lowest BCUT2D eigenvalue weighted by molar-refractivity contribution is -0.132. The molecule has 4 aromatic heterocycles. The number of ether oxygens (including phenoxy) is 1. The van der Waals surface area contributed by atoms with Crippen LogP contribution < -0.4 is 0 Å². The Labute approximate surface area is 227 Å². The number of fused-ring (bicyclic) bond motifs is 4. The van der Waals surface area contributed by atoms with E-state index in [4.69, 9.17) is 4.74 Å². The molecule has 196 valence electrons. The second-order valence-electron chi connectivity index (χ2n) is 11.3. The Balaban J connectivity index is 1.04. The summed E-state index contributed by atoms with van der Waals surface area (Å²) >= 11 is 0. The molecule has 0 radical (unpaired) electrons. The van der Waals surface area contributed by atoms with E-state index in [1.165, 1.54) is 48.9 Å². The zero-order valence-electron chi connectivity index (χ0n) is 21.8. The van der Waals surface area contributed by atoms with Gasteiger partial charge in [0.1, 0.15) is 0 Å². The number of hydrogen-bond donors (Lipinski definition) is 1. The molecule has 0 saturated carbocycles. The molecule has 39 heavy (non-hydrogen) atoms. The first kappa shape index (κ1) is 23.0. The number of pyridine rings is 2. The van der Waals surface area contributed by atoms with E-state index in [9.17, 15) is 0 Å². The molecule has 3 unspecified atom stereocenters. The van der Waals surface area contributed by atoms with Crippen molar-refractivity contribution in [2.45, 2.75) is 44.2 Å². The van der Waals surface area contributed by atoms with Crippen molar-refractivity contribution in [3.8, 4) is 28.2 Å². The first-order valence-corrected chi connectivity index (χ1v) is 14.0. The highest BCUT2D eigenvalue weighted by atomic mass is 16.5. The smallest absolute Gasteiger partial charge is 0.181 e. The number of nitrogens with zero attached hydrogens (tertiary/aromatic N) is 6. The van der Waals surface area contributed by atoms with Crippen molar-refractivity contribution in [1.82, 2.24) is 34.8 Å². The maximum atomic E-state index is 5.70. The Morgan fingerprint density at radius 2 is 1.79 bits per heavy atom. The largest absolute Gasteiger partial charge is 0.378 e. The van der Waals surface area contributed by atoms with Crippen LogP contribution in [-0.2, 0) is 17.6 Å². The molecule has 0 amide bonds. The number of rotatable bonds is 5. The van der Waals surface area contributed by atoms with Gasteiger partial charge in [-0.2, -0.15) is 10.2 Å². The van der Waals surface area contributed by atoms with Crippen LogP contribution in [0.5, 0.6) is 0 Å². The van der Waals surface area contributed by atoms with Crippen molar-refractivity contribution in [1.29, 1.82) is 0 Å². The third-order valence-electron chi connectivity index (χ3n) is 8.92. The highest BCUT2D eigenvalue weighted by molar-refractivity contribution is 5.93. The lowest BCUT2D eigenvalue weighted by Crippen LogP contribution is -2.64. The van der Waals surface area contributed by atoms with Gasteiger partial charge >= 0.3 is 0 Å². The maximum absolute atomic E-state index is 5.70. The number of morpholine rings is 1. The average Bonchev–Trinajstić information content (AvgIpc) is 3.59. The van der Waals surface area contributed by atoms with Crippen molar-refractivity contribution < 1.29 is 4.74 Å². The molecule has 6 heterocycles. The predicted octanol–water partition coefficient (Wildman–Crippen LogP) is 4.84. The molecule has 0 spiro atoms. The molecule has 2 saturated heterocycles. The number of benzene rings is 1. The van der Waals surface area contributed by atoms with E-state index in [2.05, 4.69) is 54.4 Å². The molecular weight excluding hydrogens is 486 g/mol. The van der Waals surface area contributed by atoms with E-state index in [0.717, 1.165) is 53.6 Å². The van der Waals surface area contributed by atoms with Crippen LogP contribution in [0.3, 0.4) is 0 Å². The van der Waals surface area contributed by atoms with Gasteiger partial charge in [-0.15, -0.1) is 0 Å². The summed E-state index contributed by atoms with van der Waals surface area (Å²) in [5.74, 6) is 1.54. The van der Waals surface area contributed by atoms with Gasteiger partial charge in [0.05, 0.1) is 25.1 Å². The van der Waals surface area contributed by atoms with E-state index >= 15 is 0 Å². The third-order valence-corrected chi connectivity index (χ3v) is 8.92. The van der Waals surface area contributed by atoms with Gasteiger partial charge in [-0.1, -0.05) is 24.3 Å². The Bertz CT molecular complexity index is 1630. The van der Waals surface area contributed by atoms with E-state index in [0.29, 0.717) is 17.7 Å². The molecule has 8 heteroatoms. The molecule has 8 nitrogen and oxygen atoms in total. The molecule has 5 aromatic rings. The molecule has 8 rings (SSSR count). The van der Waals surface area contributed by atoms with Gasteiger partial charge in [0, 0.05) is 53.7 Å². The molecular formula is C31H31N7O. The van der Waals surface area contributed by atoms with Gasteiger partial charge in [-0.25, -0.2) is 14.6 Å². The minimum absolute atomic E-state index is 0.667. The summed E-state index contributed by atoms with van der Waals surface area (Å²) in [5.41, 5.74) is 7.90. The van der Waals surface area contributed by atoms with Crippen molar-refractivity contribution in [2.24, 2.45) is 5.92 Å². The van der Waals surface area contributed by atoms with Crippen molar-refractivity contribution >= 4 is 11.0 Å². The molecule has 1 aromatic carbocycles. The number of nitrogens with one attached hydrogen (secondary N) is 1. The van der Waals surface area contributed by atoms with E-state index in [1.54, 1.807) is 10.9 Å². The lowest BCUT2D eigenvalue weighted by atomic mass is 9.88. The number of aryl methyl sites for hydroxylation is 2. The van der Waals surface area contributed by atoms with Gasteiger partial charge in [0.2, 0.25) is 0 Å². The summed E-state index contributed by atoms with van der Waals surface area (Å²) in [4.78, 5) is 11.8. The average molecular weight is 518 g/mol. The number of aromatic amines is 1. The maximum Gasteiger partial charge on any atom is 0.181 e. The Morgan fingerprint density at radius 1 is 0.897 bits per heavy atom. The van der Waals surface area contributed by atoms with E-state index < -0.39 is 0 Å². The summed E-state index contributed by atoms with van der Waals surface area (Å²) in [5, 5.41) is 13.1. The monoisotopic (exact) mass is 517 g/mol. The minimum Gasteiger partial charge on any atom is -0.378 e. The highest BCUT2D eigenvalue weighted by Gasteiger charge is 2.42. The third kappa shape index (κ3) is 4.15. The fraction of sp³-hybridized carbons (Fsp3) is 0.355. The highest BCUT2D eigenvalue weighted by Crippen LogP contribution is 2.36. The van der Waals surface area contributed by atoms with Crippen LogP contribution in [0, 0.1) is 5.92 Å². The summed E-state index contributed by atoms with van der Waals surface area (Å²) in [6.45, 7) is 3.09. The van der Waals surface area contributed by atoms with E-state index in [-0.39, 0.29) is 0 Å². The Kier molecular flexibility index (Phi) is 5.55. The molecule has 2 bridgehead atoms. The normalized spacial score (nSPS) is 22.8. The van der Waals surface area contributed by atoms with Gasteiger partial charge in [0.15, 0.2) is 11.5 Å². The number of aromatic nitrogens is 6. The summed E-state index contributed by atoms with van der Waals surface area (Å²) < 4.78 is 7.47. The van der Waals surface area contributed by atoms with Gasteiger partial charge in [-0.05, 0) is 72.9 Å². The Morgan fingerprint density at radius 3 is 2.64 bits per heavy atom. The van der Waals surface area contributed by atoms with Crippen LogP contribution in [-0.4, -0.2) is 66.7 Å². The zero-order valence-corrected chi connectivity index (χ0v) is 21.8. The predicted molar refractivity (Wildman–Crippen MR) is 150 cm³/mol. The van der Waals surface area contributed by atoms with Crippen LogP contribution in [0.15, 0.2) is 67.3 Å². The number of H-pyrrole nitrogens is 1. The molecule has 2 aliphatic heterocycles. The van der Waals surface area contributed by atoms with Crippen molar-refractivity contribution in [3.63, 3.8) is 0 Å². The summed E-state index contributed by atoms with van der Waals surface area (Å²) in [7, 11) is 0. The van der Waals surface area contributed by atoms with Crippen LogP contribution in [0.25, 0.3) is 39.2 Å². The van der Waals surface area contributed by atoms with E-state index in [1.807, 2.05) is 36.8 Å². The Hall–Kier alpha value is -3.88. The van der Waals surface area contributed by atoms with Gasteiger partial charge in [0.25, 0.3) is 0 Å².